The lowest BCUT2D eigenvalue weighted by Gasteiger charge is -2.24. The number of hydrogen-bond acceptors (Lipinski definition) is 3. The second-order valence-electron chi connectivity index (χ2n) is 9.58. The topological polar surface area (TPSA) is 52.0 Å². The van der Waals surface area contributed by atoms with Crippen molar-refractivity contribution in [3.63, 3.8) is 0 Å². The van der Waals surface area contributed by atoms with Crippen LogP contribution in [0.4, 0.5) is 0 Å². The van der Waals surface area contributed by atoms with Crippen LogP contribution in [0, 0.1) is 10.8 Å². The van der Waals surface area contributed by atoms with Crippen LogP contribution in [0.3, 0.4) is 0 Å². The summed E-state index contributed by atoms with van der Waals surface area (Å²) in [6, 6.07) is 9.95. The van der Waals surface area contributed by atoms with E-state index < -0.39 is 14.9 Å². The zero-order valence-corrected chi connectivity index (χ0v) is 19.1. The molecular formula is C23H32N2O2S. The van der Waals surface area contributed by atoms with Gasteiger partial charge < -0.3 is 0 Å². The Morgan fingerprint density at radius 3 is 2.04 bits per heavy atom. The molecule has 0 spiro atoms. The molecule has 0 aliphatic carbocycles. The first-order valence-corrected chi connectivity index (χ1v) is 11.8. The average Bonchev–Trinajstić information content (AvgIpc) is 3.01. The van der Waals surface area contributed by atoms with Crippen molar-refractivity contribution in [3.8, 4) is 11.1 Å². The SMILES string of the molecule is CC(C)(C)/C=C(\C(C(=O)C(C)(C)C)=S(C)(C)=O)n1cc(-c2ccccc2)cn1. The lowest BCUT2D eigenvalue weighted by molar-refractivity contribution is -0.119. The van der Waals surface area contributed by atoms with Gasteiger partial charge in [-0.1, -0.05) is 78.0 Å². The first-order chi connectivity index (χ1) is 12.7. The Morgan fingerprint density at radius 1 is 1.00 bits per heavy atom. The zero-order chi connectivity index (χ0) is 21.3. The molecule has 0 amide bonds. The molecule has 2 aromatic rings. The van der Waals surface area contributed by atoms with Crippen molar-refractivity contribution < 1.29 is 9.00 Å². The van der Waals surface area contributed by atoms with E-state index in [0.717, 1.165) is 11.1 Å². The highest BCUT2D eigenvalue weighted by Crippen LogP contribution is 2.27. The van der Waals surface area contributed by atoms with E-state index in [4.69, 9.17) is 0 Å². The first-order valence-electron chi connectivity index (χ1n) is 9.40. The van der Waals surface area contributed by atoms with Crippen molar-refractivity contribution in [1.29, 1.82) is 0 Å². The molecular weight excluding hydrogens is 368 g/mol. The minimum absolute atomic E-state index is 0.116. The molecule has 0 unspecified atom stereocenters. The van der Waals surface area contributed by atoms with Crippen LogP contribution < -0.4 is 0 Å². The van der Waals surface area contributed by atoms with Crippen LogP contribution in [0.1, 0.15) is 41.5 Å². The molecule has 2 rings (SSSR count). The van der Waals surface area contributed by atoms with Crippen molar-refractivity contribution in [3.05, 3.63) is 48.8 Å². The molecule has 0 atom stereocenters. The molecule has 0 radical (unpaired) electrons. The van der Waals surface area contributed by atoms with Crippen LogP contribution in [-0.2, 0) is 14.3 Å². The second-order valence-corrected chi connectivity index (χ2v) is 12.5. The van der Waals surface area contributed by atoms with Crippen LogP contribution in [0.15, 0.2) is 48.8 Å². The van der Waals surface area contributed by atoms with Crippen molar-refractivity contribution in [2.45, 2.75) is 41.5 Å². The number of allylic oxidation sites excluding steroid dienone is 2. The first kappa shape index (κ1) is 22.2. The van der Waals surface area contributed by atoms with Crippen molar-refractivity contribution in [1.82, 2.24) is 9.78 Å². The van der Waals surface area contributed by atoms with Gasteiger partial charge in [-0.15, -0.1) is 0 Å². The quantitative estimate of drug-likeness (QED) is 0.549. The van der Waals surface area contributed by atoms with Crippen LogP contribution >= 0.6 is 0 Å². The monoisotopic (exact) mass is 400 g/mol. The third-order valence-electron chi connectivity index (χ3n) is 4.12. The molecule has 5 heteroatoms. The fourth-order valence-corrected chi connectivity index (χ4v) is 4.22. The predicted octanol–water partition coefficient (Wildman–Crippen LogP) is 4.77. The van der Waals surface area contributed by atoms with E-state index in [9.17, 15) is 9.00 Å². The summed E-state index contributed by atoms with van der Waals surface area (Å²) < 4.78 is 14.9. The number of rotatable bonds is 4. The molecule has 1 heterocycles. The lowest BCUT2D eigenvalue weighted by Crippen LogP contribution is -2.35. The van der Waals surface area contributed by atoms with Crippen LogP contribution in [0.25, 0.3) is 16.8 Å². The molecule has 0 bridgehead atoms. The smallest absolute Gasteiger partial charge is 0.178 e. The summed E-state index contributed by atoms with van der Waals surface area (Å²) in [6.45, 7) is 11.7. The van der Waals surface area contributed by atoms with Gasteiger partial charge in [-0.25, -0.2) is 4.68 Å². The van der Waals surface area contributed by atoms with Crippen LogP contribution in [-0.4, -0.2) is 37.1 Å². The minimum Gasteiger partial charge on any atom is -0.293 e. The van der Waals surface area contributed by atoms with Gasteiger partial charge in [0.1, 0.15) is 0 Å². The van der Waals surface area contributed by atoms with E-state index in [1.54, 1.807) is 23.4 Å². The summed E-state index contributed by atoms with van der Waals surface area (Å²) in [6.07, 6.45) is 8.92. The molecule has 0 aliphatic heterocycles. The third-order valence-corrected chi connectivity index (χ3v) is 5.50. The number of ketones is 1. The van der Waals surface area contributed by atoms with E-state index >= 15 is 0 Å². The van der Waals surface area contributed by atoms with E-state index in [0.29, 0.717) is 10.6 Å². The molecule has 152 valence electrons. The van der Waals surface area contributed by atoms with Crippen molar-refractivity contribution >= 4 is 25.9 Å². The van der Waals surface area contributed by atoms with E-state index in [2.05, 4.69) is 25.9 Å². The van der Waals surface area contributed by atoms with Crippen molar-refractivity contribution in [2.24, 2.45) is 10.8 Å². The highest BCUT2D eigenvalue weighted by Gasteiger charge is 2.32. The number of nitrogens with zero attached hydrogens (tertiary/aromatic N) is 2. The molecule has 28 heavy (non-hydrogen) atoms. The Labute approximate surface area is 169 Å². The molecule has 0 aliphatic rings. The Morgan fingerprint density at radius 2 is 1.57 bits per heavy atom. The lowest BCUT2D eigenvalue weighted by atomic mass is 9.86. The number of benzene rings is 1. The largest absolute Gasteiger partial charge is 0.293 e. The Balaban J connectivity index is 2.74. The standard InChI is InChI=1S/C23H32N2O2S/c1-22(2,3)14-19(20(28(7,8)27)21(26)23(4,5)6)25-16-18(15-24-25)17-12-10-9-11-13-17/h9-16H,1-8H3/b19-14+. The number of aromatic nitrogens is 2. The summed E-state index contributed by atoms with van der Waals surface area (Å²) in [5, 5.41) is 4.53. The van der Waals surface area contributed by atoms with Gasteiger partial charge >= 0.3 is 0 Å². The number of hydrogen-bond donors (Lipinski definition) is 0. The molecule has 1 aromatic carbocycles. The minimum atomic E-state index is -2.53. The number of carbonyl (C=O) groups is 1. The molecule has 1 aromatic heterocycles. The molecule has 4 nitrogen and oxygen atoms in total. The van der Waals surface area contributed by atoms with Gasteiger partial charge in [0, 0.05) is 29.7 Å². The highest BCUT2D eigenvalue weighted by atomic mass is 32.2. The molecule has 0 saturated carbocycles. The summed E-state index contributed by atoms with van der Waals surface area (Å²) in [4.78, 5) is 13.6. The van der Waals surface area contributed by atoms with Gasteiger partial charge in [-0.05, 0) is 20.5 Å². The Bertz CT molecular complexity index is 999. The number of carbonyl (C=O) groups excluding carboxylic acids is 1. The summed E-state index contributed by atoms with van der Waals surface area (Å²) in [7, 11) is -2.53. The highest BCUT2D eigenvalue weighted by molar-refractivity contribution is 8.03. The van der Waals surface area contributed by atoms with Crippen molar-refractivity contribution in [2.75, 3.05) is 12.5 Å². The van der Waals surface area contributed by atoms with E-state index in [-0.39, 0.29) is 11.2 Å². The Hall–Kier alpha value is -2.14. The summed E-state index contributed by atoms with van der Waals surface area (Å²) >= 11 is 0. The normalized spacial score (nSPS) is 13.5. The van der Waals surface area contributed by atoms with Crippen LogP contribution in [0.5, 0.6) is 0 Å². The van der Waals surface area contributed by atoms with Gasteiger partial charge in [0.25, 0.3) is 0 Å². The third kappa shape index (κ3) is 5.44. The molecule has 0 N–H and O–H groups in total. The van der Waals surface area contributed by atoms with Gasteiger partial charge in [0.2, 0.25) is 0 Å². The number of Topliss-reactive ketones (excluding diaryl/α,β-unsaturated/α-hetero) is 1. The van der Waals surface area contributed by atoms with Gasteiger partial charge in [0.05, 0.1) is 16.8 Å². The van der Waals surface area contributed by atoms with E-state index in [1.807, 2.05) is 63.4 Å². The maximum absolute atomic E-state index is 13.3. The zero-order valence-electron chi connectivity index (χ0n) is 18.2. The fraction of sp³-hybridized carbons (Fsp3) is 0.435. The summed E-state index contributed by atoms with van der Waals surface area (Å²) in [5.74, 6) is -0.116. The van der Waals surface area contributed by atoms with Gasteiger partial charge in [0.15, 0.2) is 5.78 Å². The maximum Gasteiger partial charge on any atom is 0.178 e. The second kappa shape index (κ2) is 7.70. The predicted molar refractivity (Wildman–Crippen MR) is 121 cm³/mol. The Kier molecular flexibility index (Phi) is 6.10. The summed E-state index contributed by atoms with van der Waals surface area (Å²) in [5.41, 5.74) is 1.73. The molecule has 0 saturated heterocycles. The fourth-order valence-electron chi connectivity index (χ4n) is 2.81. The molecule has 0 fully saturated rings. The van der Waals surface area contributed by atoms with E-state index in [1.165, 1.54) is 0 Å². The average molecular weight is 401 g/mol. The maximum atomic E-state index is 13.3. The van der Waals surface area contributed by atoms with Gasteiger partial charge in [-0.3, -0.25) is 9.00 Å². The van der Waals surface area contributed by atoms with Crippen LogP contribution in [0.2, 0.25) is 0 Å². The van der Waals surface area contributed by atoms with Gasteiger partial charge in [-0.2, -0.15) is 5.10 Å².